The first-order chi connectivity index (χ1) is 10.4. The summed E-state index contributed by atoms with van der Waals surface area (Å²) in [7, 11) is 0. The molecule has 0 aromatic rings. The van der Waals surface area contributed by atoms with Gasteiger partial charge >= 0.3 is 0 Å². The zero-order chi connectivity index (χ0) is 16.8. The fraction of sp³-hybridized carbons (Fsp3) is 0.588. The zero-order valence-corrected chi connectivity index (χ0v) is 13.7. The number of hydrogen-bond donors (Lipinski definition) is 2. The second-order valence-electron chi connectivity index (χ2n) is 5.75. The number of rotatable bonds is 3. The summed E-state index contributed by atoms with van der Waals surface area (Å²) in [5.41, 5.74) is 0.693. The van der Waals surface area contributed by atoms with Gasteiger partial charge in [0.15, 0.2) is 0 Å². The van der Waals surface area contributed by atoms with Gasteiger partial charge in [-0.05, 0) is 38.8 Å². The molecule has 0 saturated carbocycles. The number of aliphatic hydroxyl groups excluding tert-OH is 1. The molecule has 2 rings (SSSR count). The van der Waals surface area contributed by atoms with Gasteiger partial charge in [0, 0.05) is 6.42 Å². The molecular formula is C17H26O5. The van der Waals surface area contributed by atoms with Crippen LogP contribution in [0, 0.1) is 0 Å². The van der Waals surface area contributed by atoms with Gasteiger partial charge in [0.1, 0.15) is 17.8 Å². The van der Waals surface area contributed by atoms with Crippen LogP contribution in [0.3, 0.4) is 0 Å². The predicted octanol–water partition coefficient (Wildman–Crippen LogP) is 1.90. The van der Waals surface area contributed by atoms with Gasteiger partial charge < -0.3 is 19.7 Å². The van der Waals surface area contributed by atoms with E-state index >= 15 is 0 Å². The summed E-state index contributed by atoms with van der Waals surface area (Å²) in [6.45, 7) is 8.23. The Labute approximate surface area is 131 Å². The van der Waals surface area contributed by atoms with Crippen molar-refractivity contribution in [2.75, 3.05) is 6.61 Å². The Morgan fingerprint density at radius 3 is 2.68 bits per heavy atom. The minimum Gasteiger partial charge on any atom is -0.465 e. The van der Waals surface area contributed by atoms with Crippen molar-refractivity contribution < 1.29 is 24.5 Å². The number of ether oxygens (including phenoxy) is 2. The molecule has 1 aliphatic carbocycles. The molecule has 2 aliphatic rings. The molecule has 2 N–H and O–H groups in total. The predicted molar refractivity (Wildman–Crippen MR) is 84.3 cm³/mol. The van der Waals surface area contributed by atoms with E-state index in [0.717, 1.165) is 11.1 Å². The van der Waals surface area contributed by atoms with Crippen LogP contribution in [0.2, 0.25) is 0 Å². The highest BCUT2D eigenvalue weighted by molar-refractivity contribution is 5.37. The summed E-state index contributed by atoms with van der Waals surface area (Å²) < 4.78 is 9.87. The zero-order valence-electron chi connectivity index (χ0n) is 13.7. The molecule has 5 nitrogen and oxygen atoms in total. The van der Waals surface area contributed by atoms with Crippen molar-refractivity contribution in [2.24, 2.45) is 0 Å². The number of fused-ring (bicyclic) bond motifs is 1. The van der Waals surface area contributed by atoms with Crippen molar-refractivity contribution in [3.8, 4) is 0 Å². The molecule has 0 amide bonds. The Morgan fingerprint density at radius 2 is 2.18 bits per heavy atom. The normalized spacial score (nSPS) is 32.5. The average molecular weight is 310 g/mol. The van der Waals surface area contributed by atoms with E-state index in [2.05, 4.69) is 4.74 Å². The van der Waals surface area contributed by atoms with Crippen LogP contribution in [0.5, 0.6) is 0 Å². The van der Waals surface area contributed by atoms with E-state index in [1.807, 2.05) is 38.2 Å². The molecule has 5 heteroatoms. The minimum absolute atomic E-state index is 0.0301. The molecule has 3 atom stereocenters. The van der Waals surface area contributed by atoms with Gasteiger partial charge in [0.05, 0.1) is 12.7 Å². The maximum Gasteiger partial charge on any atom is 0.293 e. The third kappa shape index (κ3) is 4.29. The molecule has 0 bridgehead atoms. The SMILES string of the molecule is C/C=C/C=C1\COC2C(O)C(C)=CCC12O.CC(C)OC=O. The van der Waals surface area contributed by atoms with Gasteiger partial charge in [-0.15, -0.1) is 0 Å². The molecule has 1 aliphatic heterocycles. The Kier molecular flexibility index (Phi) is 7.00. The summed E-state index contributed by atoms with van der Waals surface area (Å²) in [5, 5.41) is 20.5. The largest absolute Gasteiger partial charge is 0.465 e. The van der Waals surface area contributed by atoms with Crippen LogP contribution >= 0.6 is 0 Å². The molecule has 0 aromatic carbocycles. The van der Waals surface area contributed by atoms with E-state index in [1.165, 1.54) is 0 Å². The molecule has 0 spiro atoms. The molecule has 1 fully saturated rings. The highest BCUT2D eigenvalue weighted by Gasteiger charge is 2.51. The average Bonchev–Trinajstić information content (AvgIpc) is 2.79. The lowest BCUT2D eigenvalue weighted by Gasteiger charge is -2.36. The Hall–Kier alpha value is -1.43. The molecule has 1 saturated heterocycles. The Morgan fingerprint density at radius 1 is 1.50 bits per heavy atom. The highest BCUT2D eigenvalue weighted by atomic mass is 16.5. The van der Waals surface area contributed by atoms with E-state index in [0.29, 0.717) is 19.5 Å². The number of aliphatic hydroxyl groups is 2. The first-order valence-electron chi connectivity index (χ1n) is 7.47. The first kappa shape index (κ1) is 18.6. The molecule has 22 heavy (non-hydrogen) atoms. The maximum atomic E-state index is 10.6. The van der Waals surface area contributed by atoms with Crippen LogP contribution in [-0.4, -0.2) is 47.2 Å². The van der Waals surface area contributed by atoms with Gasteiger partial charge in [-0.1, -0.05) is 24.3 Å². The summed E-state index contributed by atoms with van der Waals surface area (Å²) in [6.07, 6.45) is 6.89. The van der Waals surface area contributed by atoms with E-state index in [4.69, 9.17) is 4.74 Å². The second kappa shape index (κ2) is 8.27. The molecule has 1 heterocycles. The van der Waals surface area contributed by atoms with Gasteiger partial charge in [0.2, 0.25) is 0 Å². The van der Waals surface area contributed by atoms with E-state index in [9.17, 15) is 15.0 Å². The van der Waals surface area contributed by atoms with Crippen molar-refractivity contribution in [3.05, 3.63) is 35.5 Å². The Bertz CT molecular complexity index is 464. The van der Waals surface area contributed by atoms with Gasteiger partial charge in [-0.25, -0.2) is 0 Å². The fourth-order valence-corrected chi connectivity index (χ4v) is 2.42. The van der Waals surface area contributed by atoms with Crippen molar-refractivity contribution >= 4 is 6.47 Å². The van der Waals surface area contributed by atoms with Crippen LogP contribution in [0.25, 0.3) is 0 Å². The smallest absolute Gasteiger partial charge is 0.293 e. The van der Waals surface area contributed by atoms with E-state index < -0.39 is 17.8 Å². The summed E-state index contributed by atoms with van der Waals surface area (Å²) >= 11 is 0. The number of hydrogen-bond acceptors (Lipinski definition) is 5. The van der Waals surface area contributed by atoms with Gasteiger partial charge in [-0.2, -0.15) is 0 Å². The third-order valence-electron chi connectivity index (χ3n) is 3.75. The topological polar surface area (TPSA) is 76.0 Å². The molecular weight excluding hydrogens is 284 g/mol. The molecule has 124 valence electrons. The standard InChI is InChI=1S/C13H18O3.C4H8O2/c1-3-4-5-10-8-16-12-11(14)9(2)6-7-13(10,12)15;1-4(2)6-3-5/h3-6,11-12,14-15H,7-8H2,1-2H3;3-4H,1-2H3/b4-3+,10-5+;. The van der Waals surface area contributed by atoms with Crippen LogP contribution in [0.1, 0.15) is 34.1 Å². The van der Waals surface area contributed by atoms with Crippen molar-refractivity contribution in [2.45, 2.75) is 58.0 Å². The van der Waals surface area contributed by atoms with Gasteiger partial charge in [-0.3, -0.25) is 4.79 Å². The molecule has 0 radical (unpaired) electrons. The Balaban J connectivity index is 0.000000346. The fourth-order valence-electron chi connectivity index (χ4n) is 2.42. The maximum absolute atomic E-state index is 10.6. The first-order valence-corrected chi connectivity index (χ1v) is 7.47. The third-order valence-corrected chi connectivity index (χ3v) is 3.75. The molecule has 3 unspecified atom stereocenters. The molecule has 0 aromatic heterocycles. The van der Waals surface area contributed by atoms with Crippen molar-refractivity contribution in [1.82, 2.24) is 0 Å². The van der Waals surface area contributed by atoms with Gasteiger partial charge in [0.25, 0.3) is 6.47 Å². The number of allylic oxidation sites excluding steroid dienone is 3. The lowest BCUT2D eigenvalue weighted by Crippen LogP contribution is -2.49. The van der Waals surface area contributed by atoms with Crippen LogP contribution in [0.4, 0.5) is 0 Å². The quantitative estimate of drug-likeness (QED) is 0.615. The van der Waals surface area contributed by atoms with Crippen LogP contribution in [-0.2, 0) is 14.3 Å². The number of carbonyl (C=O) groups excluding carboxylic acids is 1. The van der Waals surface area contributed by atoms with E-state index in [-0.39, 0.29) is 6.10 Å². The monoisotopic (exact) mass is 310 g/mol. The second-order valence-corrected chi connectivity index (χ2v) is 5.75. The minimum atomic E-state index is -1.03. The summed E-state index contributed by atoms with van der Waals surface area (Å²) in [4.78, 5) is 9.39. The highest BCUT2D eigenvalue weighted by Crippen LogP contribution is 2.41. The summed E-state index contributed by atoms with van der Waals surface area (Å²) in [6, 6.07) is 0. The van der Waals surface area contributed by atoms with Crippen LogP contribution < -0.4 is 0 Å². The van der Waals surface area contributed by atoms with Crippen molar-refractivity contribution in [1.29, 1.82) is 0 Å². The number of carbonyl (C=O) groups is 1. The summed E-state index contributed by atoms with van der Waals surface area (Å²) in [5.74, 6) is 0. The van der Waals surface area contributed by atoms with Crippen molar-refractivity contribution in [3.63, 3.8) is 0 Å². The van der Waals surface area contributed by atoms with E-state index in [1.54, 1.807) is 13.8 Å². The lowest BCUT2D eigenvalue weighted by molar-refractivity contribution is -0.131. The van der Waals surface area contributed by atoms with Crippen LogP contribution in [0.15, 0.2) is 35.5 Å². The lowest BCUT2D eigenvalue weighted by atomic mass is 9.78.